The Morgan fingerprint density at radius 3 is 2.02 bits per heavy atom. The summed E-state index contributed by atoms with van der Waals surface area (Å²) >= 11 is 0. The first-order chi connectivity index (χ1) is 19.2. The number of carbonyl (C=O) groups is 1. The lowest BCUT2D eigenvalue weighted by Crippen LogP contribution is -2.50. The van der Waals surface area contributed by atoms with Crippen molar-refractivity contribution in [1.82, 2.24) is 8.61 Å². The van der Waals surface area contributed by atoms with Gasteiger partial charge in [0, 0.05) is 25.3 Å². The Bertz CT molecular complexity index is 1690. The Morgan fingerprint density at radius 2 is 1.44 bits per heavy atom. The van der Waals surface area contributed by atoms with E-state index in [0.717, 1.165) is 22.3 Å². The fourth-order valence-electron chi connectivity index (χ4n) is 5.48. The van der Waals surface area contributed by atoms with Crippen LogP contribution >= 0.6 is 0 Å². The van der Waals surface area contributed by atoms with Gasteiger partial charge in [-0.25, -0.2) is 16.8 Å². The number of anilines is 1. The van der Waals surface area contributed by atoms with Gasteiger partial charge in [0.05, 0.1) is 9.79 Å². The van der Waals surface area contributed by atoms with Crippen LogP contribution in [-0.4, -0.2) is 50.5 Å². The number of aryl methyl sites for hydroxylation is 3. The molecular weight excluding hydrogens is 558 g/mol. The van der Waals surface area contributed by atoms with E-state index in [-0.39, 0.29) is 22.8 Å². The maximum Gasteiger partial charge on any atom is 0.244 e. The Labute approximate surface area is 244 Å². The first-order valence-electron chi connectivity index (χ1n) is 13.8. The van der Waals surface area contributed by atoms with Crippen molar-refractivity contribution in [3.63, 3.8) is 0 Å². The molecule has 1 heterocycles. The van der Waals surface area contributed by atoms with Crippen LogP contribution in [-0.2, 0) is 37.8 Å². The third-order valence-electron chi connectivity index (χ3n) is 8.18. The number of sulfonamides is 2. The van der Waals surface area contributed by atoms with Crippen molar-refractivity contribution in [2.24, 2.45) is 0 Å². The molecule has 220 valence electrons. The maximum atomic E-state index is 14.4. The molecule has 3 aromatic carbocycles. The SMILES string of the molecule is CCN(CC)S(=O)(=O)c1ccc(C)c(NC(=O)[C@@H]2Cc3ccccc3CN2S(=O)(=O)c2c(C)c(C)cc(C)c2C)c1. The number of rotatable bonds is 8. The van der Waals surface area contributed by atoms with Crippen LogP contribution in [0.25, 0.3) is 0 Å². The van der Waals surface area contributed by atoms with Gasteiger partial charge in [0.1, 0.15) is 6.04 Å². The lowest BCUT2D eigenvalue weighted by atomic mass is 9.95. The molecule has 3 aromatic rings. The quantitative estimate of drug-likeness (QED) is 0.393. The summed E-state index contributed by atoms with van der Waals surface area (Å²) < 4.78 is 57.7. The average molecular weight is 598 g/mol. The maximum absolute atomic E-state index is 14.4. The molecule has 0 spiro atoms. The van der Waals surface area contributed by atoms with Gasteiger partial charge in [-0.05, 0) is 92.1 Å². The van der Waals surface area contributed by atoms with Gasteiger partial charge in [-0.3, -0.25) is 4.79 Å². The first kappa shape index (κ1) is 30.9. The van der Waals surface area contributed by atoms with Crippen LogP contribution in [0.5, 0.6) is 0 Å². The largest absolute Gasteiger partial charge is 0.324 e. The third-order valence-corrected chi connectivity index (χ3v) is 12.4. The van der Waals surface area contributed by atoms with Crippen LogP contribution in [0.4, 0.5) is 5.69 Å². The summed E-state index contributed by atoms with van der Waals surface area (Å²) in [7, 11) is -7.84. The van der Waals surface area contributed by atoms with Gasteiger partial charge in [-0.1, -0.05) is 50.2 Å². The van der Waals surface area contributed by atoms with Crippen molar-refractivity contribution in [2.75, 3.05) is 18.4 Å². The molecule has 0 saturated heterocycles. The topological polar surface area (TPSA) is 104 Å². The zero-order chi connectivity index (χ0) is 30.3. The number of benzene rings is 3. The molecule has 0 radical (unpaired) electrons. The number of amides is 1. The average Bonchev–Trinajstić information content (AvgIpc) is 2.92. The highest BCUT2D eigenvalue weighted by atomic mass is 32.2. The predicted molar refractivity (Wildman–Crippen MR) is 162 cm³/mol. The summed E-state index contributed by atoms with van der Waals surface area (Å²) in [5, 5.41) is 2.88. The monoisotopic (exact) mass is 597 g/mol. The fraction of sp³-hybridized carbons (Fsp3) is 0.387. The number of hydrogen-bond donors (Lipinski definition) is 1. The van der Waals surface area contributed by atoms with E-state index in [1.807, 2.05) is 44.2 Å². The molecule has 4 rings (SSSR count). The van der Waals surface area contributed by atoms with E-state index in [2.05, 4.69) is 5.32 Å². The third kappa shape index (κ3) is 5.70. The van der Waals surface area contributed by atoms with E-state index in [9.17, 15) is 21.6 Å². The Hall–Kier alpha value is -3.05. The molecule has 1 aliphatic rings. The molecule has 8 nitrogen and oxygen atoms in total. The Balaban J connectivity index is 1.78. The highest BCUT2D eigenvalue weighted by Gasteiger charge is 2.41. The molecule has 0 aliphatic carbocycles. The number of fused-ring (bicyclic) bond motifs is 1. The molecule has 0 aromatic heterocycles. The second-order valence-electron chi connectivity index (χ2n) is 10.7. The van der Waals surface area contributed by atoms with Gasteiger partial charge in [0.15, 0.2) is 0 Å². The molecule has 0 unspecified atom stereocenters. The lowest BCUT2D eigenvalue weighted by molar-refractivity contribution is -0.120. The van der Waals surface area contributed by atoms with Gasteiger partial charge in [-0.2, -0.15) is 8.61 Å². The van der Waals surface area contributed by atoms with Crippen LogP contribution in [0.3, 0.4) is 0 Å². The van der Waals surface area contributed by atoms with E-state index in [4.69, 9.17) is 0 Å². The zero-order valence-electron chi connectivity index (χ0n) is 24.8. The van der Waals surface area contributed by atoms with Crippen LogP contribution in [0, 0.1) is 34.6 Å². The molecule has 1 amide bonds. The van der Waals surface area contributed by atoms with E-state index >= 15 is 0 Å². The Morgan fingerprint density at radius 1 is 0.854 bits per heavy atom. The first-order valence-corrected chi connectivity index (χ1v) is 16.7. The number of nitrogens with one attached hydrogen (secondary N) is 1. The number of hydrogen-bond acceptors (Lipinski definition) is 5. The van der Waals surface area contributed by atoms with Crippen LogP contribution in [0.1, 0.15) is 52.8 Å². The summed E-state index contributed by atoms with van der Waals surface area (Å²) in [6.07, 6.45) is 0.195. The number of carbonyl (C=O) groups excluding carboxylic acids is 1. The van der Waals surface area contributed by atoms with Crippen molar-refractivity contribution in [2.45, 2.75) is 77.3 Å². The standard InChI is InChI=1S/C31H39N3O5S2/c1-8-33(9-2)40(36,37)27-15-14-20(3)28(18-27)32-31(35)29-17-25-12-10-11-13-26(25)19-34(29)41(38,39)30-23(6)21(4)16-22(5)24(30)7/h10-16,18,29H,8-9,17,19H2,1-7H3,(H,32,35)/t29-/m0/s1. The molecule has 0 bridgehead atoms. The molecule has 1 aliphatic heterocycles. The van der Waals surface area contributed by atoms with E-state index in [1.165, 1.54) is 20.7 Å². The summed E-state index contributed by atoms with van der Waals surface area (Å²) in [5.74, 6) is -0.511. The summed E-state index contributed by atoms with van der Waals surface area (Å²) in [5.41, 5.74) is 5.82. The van der Waals surface area contributed by atoms with Gasteiger partial charge < -0.3 is 5.32 Å². The Kier molecular flexibility index (Phi) is 8.80. The highest BCUT2D eigenvalue weighted by molar-refractivity contribution is 7.89. The van der Waals surface area contributed by atoms with E-state index in [0.29, 0.717) is 35.5 Å². The van der Waals surface area contributed by atoms with Crippen LogP contribution in [0.2, 0.25) is 0 Å². The minimum Gasteiger partial charge on any atom is -0.324 e. The number of nitrogens with zero attached hydrogens (tertiary/aromatic N) is 2. The molecule has 0 saturated carbocycles. The van der Waals surface area contributed by atoms with Crippen molar-refractivity contribution in [1.29, 1.82) is 0 Å². The second-order valence-corrected chi connectivity index (χ2v) is 14.4. The zero-order valence-corrected chi connectivity index (χ0v) is 26.4. The second kappa shape index (κ2) is 11.7. The minimum atomic E-state index is -4.09. The molecule has 41 heavy (non-hydrogen) atoms. The highest BCUT2D eigenvalue weighted by Crippen LogP contribution is 2.35. The van der Waals surface area contributed by atoms with Crippen molar-refractivity contribution < 1.29 is 21.6 Å². The van der Waals surface area contributed by atoms with Crippen LogP contribution < -0.4 is 5.32 Å². The van der Waals surface area contributed by atoms with Crippen molar-refractivity contribution in [3.8, 4) is 0 Å². The molecule has 10 heteroatoms. The van der Waals surface area contributed by atoms with Crippen molar-refractivity contribution >= 4 is 31.6 Å². The normalized spacial score (nSPS) is 16.0. The summed E-state index contributed by atoms with van der Waals surface area (Å²) in [6.45, 7) is 13.4. The summed E-state index contributed by atoms with van der Waals surface area (Å²) in [4.78, 5) is 14.3. The van der Waals surface area contributed by atoms with Gasteiger partial charge in [-0.15, -0.1) is 0 Å². The van der Waals surface area contributed by atoms with Crippen molar-refractivity contribution in [3.05, 3.63) is 87.5 Å². The van der Waals surface area contributed by atoms with E-state index < -0.39 is 32.0 Å². The smallest absolute Gasteiger partial charge is 0.244 e. The molecule has 0 fully saturated rings. The van der Waals surface area contributed by atoms with Gasteiger partial charge in [0.2, 0.25) is 26.0 Å². The predicted octanol–water partition coefficient (Wildman–Crippen LogP) is 5.01. The summed E-state index contributed by atoms with van der Waals surface area (Å²) in [6, 6.07) is 13.1. The van der Waals surface area contributed by atoms with Gasteiger partial charge >= 0.3 is 0 Å². The lowest BCUT2D eigenvalue weighted by Gasteiger charge is -2.36. The van der Waals surface area contributed by atoms with Crippen LogP contribution in [0.15, 0.2) is 58.3 Å². The van der Waals surface area contributed by atoms with Gasteiger partial charge in [0.25, 0.3) is 0 Å². The molecule has 1 N–H and O–H groups in total. The molecule has 1 atom stereocenters. The fourth-order valence-corrected chi connectivity index (χ4v) is 9.11. The van der Waals surface area contributed by atoms with E-state index in [1.54, 1.807) is 40.7 Å². The molecular formula is C31H39N3O5S2. The minimum absolute atomic E-state index is 0.0534.